The van der Waals surface area contributed by atoms with Gasteiger partial charge in [-0.3, -0.25) is 0 Å². The van der Waals surface area contributed by atoms with Crippen LogP contribution in [0.25, 0.3) is 10.9 Å². The summed E-state index contributed by atoms with van der Waals surface area (Å²) in [6.45, 7) is -0.198. The molecule has 2 aromatic rings. The van der Waals surface area contributed by atoms with Gasteiger partial charge in [0.2, 0.25) is 10.0 Å². The van der Waals surface area contributed by atoms with E-state index < -0.39 is 16.1 Å². The smallest absolute Gasteiger partial charge is 0.404 e. The molecule has 0 fully saturated rings. The summed E-state index contributed by atoms with van der Waals surface area (Å²) >= 11 is 0. The molecule has 0 aliphatic carbocycles. The molecule has 9 heteroatoms. The van der Waals surface area contributed by atoms with Gasteiger partial charge < -0.3 is 21.2 Å². The Kier molecular flexibility index (Phi) is 3.81. The van der Waals surface area contributed by atoms with Gasteiger partial charge >= 0.3 is 6.09 Å². The van der Waals surface area contributed by atoms with Crippen LogP contribution in [0.5, 0.6) is 0 Å². The number of hydrogen-bond donors (Lipinski definition) is 4. The Balaban J connectivity index is 2.17. The first kappa shape index (κ1) is 14.2. The predicted molar refractivity (Wildman–Crippen MR) is 73.4 cm³/mol. The Morgan fingerprint density at radius 3 is 2.85 bits per heavy atom. The van der Waals surface area contributed by atoms with Crippen molar-refractivity contribution >= 4 is 32.7 Å². The maximum Gasteiger partial charge on any atom is 0.404 e. The summed E-state index contributed by atoms with van der Waals surface area (Å²) in [5.41, 5.74) is 11.6. The number of hydrogen-bond acceptors (Lipinski definition) is 5. The second-order valence-corrected chi connectivity index (χ2v) is 5.76. The average molecular weight is 298 g/mol. The third-order valence-electron chi connectivity index (χ3n) is 2.60. The summed E-state index contributed by atoms with van der Waals surface area (Å²) in [5.74, 6) is 0. The fraction of sp³-hybridized carbons (Fsp3) is 0.182. The van der Waals surface area contributed by atoms with Crippen LogP contribution in [0.3, 0.4) is 0 Å². The number of nitrogen functional groups attached to an aromatic ring is 1. The van der Waals surface area contributed by atoms with Crippen LogP contribution in [0.2, 0.25) is 0 Å². The Hall–Kier alpha value is -2.26. The van der Waals surface area contributed by atoms with Gasteiger partial charge in [-0.15, -0.1) is 0 Å². The lowest BCUT2D eigenvalue weighted by Crippen LogP contribution is -2.29. The fourth-order valence-electron chi connectivity index (χ4n) is 1.74. The molecule has 0 radical (unpaired) electrons. The van der Waals surface area contributed by atoms with E-state index in [1.807, 2.05) is 0 Å². The number of primary amides is 1. The SMILES string of the molecule is NC(=O)OCCNS(=O)(=O)c1c[nH]c2cc(N)ccc12. The Morgan fingerprint density at radius 2 is 2.15 bits per heavy atom. The normalized spacial score (nSPS) is 11.6. The number of anilines is 1. The monoisotopic (exact) mass is 298 g/mol. The molecule has 0 aliphatic heterocycles. The summed E-state index contributed by atoms with van der Waals surface area (Å²) in [6.07, 6.45) is 0.424. The molecular weight excluding hydrogens is 284 g/mol. The number of H-pyrrole nitrogens is 1. The first-order valence-corrected chi connectivity index (χ1v) is 7.17. The summed E-state index contributed by atoms with van der Waals surface area (Å²) in [7, 11) is -3.71. The number of carbonyl (C=O) groups is 1. The highest BCUT2D eigenvalue weighted by molar-refractivity contribution is 7.89. The number of benzene rings is 1. The Morgan fingerprint density at radius 1 is 1.40 bits per heavy atom. The highest BCUT2D eigenvalue weighted by Crippen LogP contribution is 2.24. The van der Waals surface area contributed by atoms with Crippen LogP contribution in [0.1, 0.15) is 0 Å². The molecule has 6 N–H and O–H groups in total. The molecule has 0 atom stereocenters. The quantitative estimate of drug-likeness (QED) is 0.458. The third-order valence-corrected chi connectivity index (χ3v) is 4.10. The van der Waals surface area contributed by atoms with Crippen molar-refractivity contribution in [3.63, 3.8) is 0 Å². The van der Waals surface area contributed by atoms with Gasteiger partial charge in [0, 0.05) is 29.3 Å². The zero-order valence-corrected chi connectivity index (χ0v) is 11.2. The number of rotatable bonds is 5. The lowest BCUT2D eigenvalue weighted by molar-refractivity contribution is 0.159. The highest BCUT2D eigenvalue weighted by Gasteiger charge is 2.18. The largest absolute Gasteiger partial charge is 0.448 e. The van der Waals surface area contributed by atoms with Crippen LogP contribution in [-0.2, 0) is 14.8 Å². The molecule has 0 saturated heterocycles. The van der Waals surface area contributed by atoms with Crippen LogP contribution in [-0.4, -0.2) is 32.6 Å². The van der Waals surface area contributed by atoms with E-state index in [9.17, 15) is 13.2 Å². The molecule has 0 bridgehead atoms. The minimum Gasteiger partial charge on any atom is -0.448 e. The summed E-state index contributed by atoms with van der Waals surface area (Å²) in [5, 5.41) is 0.530. The van der Waals surface area contributed by atoms with Crippen LogP contribution in [0, 0.1) is 0 Å². The molecular formula is C11H14N4O4S. The van der Waals surface area contributed by atoms with Crippen molar-refractivity contribution in [1.29, 1.82) is 0 Å². The predicted octanol–water partition coefficient (Wildman–Crippen LogP) is 0.124. The average Bonchev–Trinajstić information content (AvgIpc) is 2.78. The number of fused-ring (bicyclic) bond motifs is 1. The van der Waals surface area contributed by atoms with E-state index in [0.717, 1.165) is 0 Å². The van der Waals surface area contributed by atoms with Crippen molar-refractivity contribution in [3.05, 3.63) is 24.4 Å². The summed E-state index contributed by atoms with van der Waals surface area (Å²) in [6, 6.07) is 4.88. The van der Waals surface area contributed by atoms with E-state index in [1.165, 1.54) is 6.20 Å². The molecule has 1 amide bonds. The van der Waals surface area contributed by atoms with Gasteiger partial charge in [0.05, 0.1) is 0 Å². The van der Waals surface area contributed by atoms with Crippen molar-refractivity contribution in [2.24, 2.45) is 5.73 Å². The molecule has 0 unspecified atom stereocenters. The number of nitrogens with two attached hydrogens (primary N) is 2. The van der Waals surface area contributed by atoms with E-state index >= 15 is 0 Å². The Bertz CT molecular complexity index is 738. The number of ether oxygens (including phenoxy) is 1. The van der Waals surface area contributed by atoms with Gasteiger partial charge in [0.25, 0.3) is 0 Å². The molecule has 108 valence electrons. The summed E-state index contributed by atoms with van der Waals surface area (Å²) < 4.78 is 31.0. The van der Waals surface area contributed by atoms with Crippen LogP contribution >= 0.6 is 0 Å². The fourth-order valence-corrected chi connectivity index (χ4v) is 2.93. The van der Waals surface area contributed by atoms with E-state index in [1.54, 1.807) is 18.2 Å². The maximum atomic E-state index is 12.1. The van der Waals surface area contributed by atoms with E-state index in [0.29, 0.717) is 16.6 Å². The lowest BCUT2D eigenvalue weighted by Gasteiger charge is -2.05. The minimum absolute atomic E-state index is 0.0626. The molecule has 1 aromatic heterocycles. The Labute approximate surface area is 115 Å². The first-order chi connectivity index (χ1) is 9.40. The second kappa shape index (κ2) is 5.39. The number of aromatic nitrogens is 1. The topological polar surface area (TPSA) is 140 Å². The van der Waals surface area contributed by atoms with Crippen molar-refractivity contribution in [2.45, 2.75) is 4.90 Å². The maximum absolute atomic E-state index is 12.1. The van der Waals surface area contributed by atoms with Gasteiger partial charge in [-0.25, -0.2) is 17.9 Å². The highest BCUT2D eigenvalue weighted by atomic mass is 32.2. The standard InChI is InChI=1S/C11H14N4O4S/c12-7-1-2-8-9(5-7)14-6-10(8)20(17,18)15-3-4-19-11(13)16/h1-2,5-6,14-15H,3-4,12H2,(H2,13,16). The number of sulfonamides is 1. The van der Waals surface area contributed by atoms with Gasteiger partial charge in [0.1, 0.15) is 11.5 Å². The number of carbonyl (C=O) groups excluding carboxylic acids is 1. The van der Waals surface area contributed by atoms with Crippen LogP contribution in [0.4, 0.5) is 10.5 Å². The van der Waals surface area contributed by atoms with Gasteiger partial charge in [-0.2, -0.15) is 0 Å². The molecule has 8 nitrogen and oxygen atoms in total. The minimum atomic E-state index is -3.71. The zero-order valence-electron chi connectivity index (χ0n) is 10.4. The van der Waals surface area contributed by atoms with Crippen molar-refractivity contribution in [1.82, 2.24) is 9.71 Å². The third kappa shape index (κ3) is 3.00. The van der Waals surface area contributed by atoms with Crippen molar-refractivity contribution in [3.8, 4) is 0 Å². The molecule has 1 heterocycles. The van der Waals surface area contributed by atoms with Crippen LogP contribution < -0.4 is 16.2 Å². The molecule has 0 spiro atoms. The second-order valence-electron chi connectivity index (χ2n) is 4.02. The first-order valence-electron chi connectivity index (χ1n) is 5.68. The van der Waals surface area contributed by atoms with E-state index in [2.05, 4.69) is 14.4 Å². The van der Waals surface area contributed by atoms with Crippen molar-refractivity contribution < 1.29 is 17.9 Å². The molecule has 0 saturated carbocycles. The summed E-state index contributed by atoms with van der Waals surface area (Å²) in [4.78, 5) is 13.3. The zero-order chi connectivity index (χ0) is 14.8. The van der Waals surface area contributed by atoms with E-state index in [4.69, 9.17) is 11.5 Å². The molecule has 1 aromatic carbocycles. The molecule has 0 aliphatic rings. The van der Waals surface area contributed by atoms with Crippen LogP contribution in [0.15, 0.2) is 29.3 Å². The van der Waals surface area contributed by atoms with Crippen molar-refractivity contribution in [2.75, 3.05) is 18.9 Å². The van der Waals surface area contributed by atoms with Gasteiger partial charge in [-0.1, -0.05) is 0 Å². The lowest BCUT2D eigenvalue weighted by atomic mass is 10.2. The van der Waals surface area contributed by atoms with Gasteiger partial charge in [-0.05, 0) is 18.2 Å². The molecule has 2 rings (SSSR count). The number of nitrogens with one attached hydrogen (secondary N) is 2. The van der Waals surface area contributed by atoms with Gasteiger partial charge in [0.15, 0.2) is 0 Å². The number of amides is 1. The molecule has 20 heavy (non-hydrogen) atoms. The van der Waals surface area contributed by atoms with E-state index in [-0.39, 0.29) is 18.0 Å². The number of aromatic amines is 1.